The van der Waals surface area contributed by atoms with E-state index in [4.69, 9.17) is 9.47 Å². The second-order valence-corrected chi connectivity index (χ2v) is 7.06. The Labute approximate surface area is 119 Å². The normalized spacial score (nSPS) is 25.7. The molecular weight excluding hydrogens is 316 g/mol. The van der Waals surface area contributed by atoms with Gasteiger partial charge in [-0.2, -0.15) is 0 Å². The summed E-state index contributed by atoms with van der Waals surface area (Å²) in [7, 11) is 0. The Bertz CT molecular complexity index is 416. The molecule has 3 nitrogen and oxygen atoms in total. The Balaban J connectivity index is 1.65. The molecule has 2 heterocycles. The lowest BCUT2D eigenvalue weighted by Crippen LogP contribution is -2.44. The fraction of sp³-hybridized carbons (Fsp3) is 0.692. The highest BCUT2D eigenvalue weighted by Gasteiger charge is 2.45. The van der Waals surface area contributed by atoms with Gasteiger partial charge in [-0.05, 0) is 40.2 Å². The average Bonchev–Trinajstić information content (AvgIpc) is 2.96. The first-order valence-corrected chi connectivity index (χ1v) is 8.00. The summed E-state index contributed by atoms with van der Waals surface area (Å²) in [6.07, 6.45) is 3.81. The van der Waals surface area contributed by atoms with Crippen molar-refractivity contribution in [3.8, 4) is 0 Å². The topological polar surface area (TPSA) is 38.7 Å². The van der Waals surface area contributed by atoms with Gasteiger partial charge in [0.05, 0.1) is 18.8 Å². The van der Waals surface area contributed by atoms with Gasteiger partial charge in [-0.15, -0.1) is 11.3 Å². The predicted molar refractivity (Wildman–Crippen MR) is 73.8 cm³/mol. The van der Waals surface area contributed by atoms with Crippen molar-refractivity contribution in [1.29, 1.82) is 0 Å². The smallest absolute Gasteiger partial charge is 0.168 e. The van der Waals surface area contributed by atoms with Crippen LogP contribution in [0.1, 0.15) is 30.6 Å². The van der Waals surface area contributed by atoms with E-state index in [0.717, 1.165) is 36.6 Å². The third-order valence-electron chi connectivity index (χ3n) is 3.94. The first kappa shape index (κ1) is 13.1. The Morgan fingerprint density at radius 2 is 1.89 bits per heavy atom. The molecule has 3 rings (SSSR count). The summed E-state index contributed by atoms with van der Waals surface area (Å²) in [4.78, 5) is 1.22. The van der Waals surface area contributed by atoms with E-state index in [2.05, 4.69) is 21.3 Å². The molecule has 1 saturated heterocycles. The van der Waals surface area contributed by atoms with E-state index in [0.29, 0.717) is 13.2 Å². The summed E-state index contributed by atoms with van der Waals surface area (Å²) in [5.41, 5.74) is -0.603. The highest BCUT2D eigenvalue weighted by atomic mass is 79.9. The van der Waals surface area contributed by atoms with Crippen molar-refractivity contribution in [3.05, 3.63) is 20.8 Å². The summed E-state index contributed by atoms with van der Waals surface area (Å²) >= 11 is 5.22. The largest absolute Gasteiger partial charge is 0.390 e. The molecule has 2 fully saturated rings. The van der Waals surface area contributed by atoms with Crippen LogP contribution in [0.15, 0.2) is 15.9 Å². The van der Waals surface area contributed by atoms with E-state index >= 15 is 0 Å². The summed E-state index contributed by atoms with van der Waals surface area (Å²) < 4.78 is 12.5. The maximum absolute atomic E-state index is 10.7. The molecule has 0 aromatic carbocycles. The first-order valence-electron chi connectivity index (χ1n) is 6.33. The summed E-state index contributed by atoms with van der Waals surface area (Å²) in [6.45, 7) is 1.38. The lowest BCUT2D eigenvalue weighted by Gasteiger charge is -2.40. The first-order chi connectivity index (χ1) is 8.61. The molecule has 0 radical (unpaired) electrons. The fourth-order valence-electron chi connectivity index (χ4n) is 2.81. The summed E-state index contributed by atoms with van der Waals surface area (Å²) in [5.74, 6) is -0.390. The zero-order valence-electron chi connectivity index (χ0n) is 10.2. The molecule has 1 spiro atoms. The Morgan fingerprint density at radius 3 is 2.44 bits per heavy atom. The number of aliphatic hydroxyl groups is 1. The molecule has 1 aliphatic heterocycles. The van der Waals surface area contributed by atoms with Gasteiger partial charge in [-0.3, -0.25) is 0 Å². The number of thiophene rings is 1. The maximum atomic E-state index is 10.7. The lowest BCUT2D eigenvalue weighted by atomic mass is 9.79. The molecule has 1 N–H and O–H groups in total. The second kappa shape index (κ2) is 4.87. The standard InChI is InChI=1S/C13H17BrO3S/c14-10-1-8-18-11(10)9-12(15)2-4-13(5-3-12)16-6-7-17-13/h1,8,15H,2-7,9H2. The minimum absolute atomic E-state index is 0.390. The quantitative estimate of drug-likeness (QED) is 0.904. The van der Waals surface area contributed by atoms with Gasteiger partial charge in [0.1, 0.15) is 0 Å². The molecule has 100 valence electrons. The van der Waals surface area contributed by atoms with Crippen molar-refractivity contribution in [2.45, 2.75) is 43.5 Å². The van der Waals surface area contributed by atoms with Crippen molar-refractivity contribution < 1.29 is 14.6 Å². The van der Waals surface area contributed by atoms with Crippen molar-refractivity contribution >= 4 is 27.3 Å². The van der Waals surface area contributed by atoms with E-state index in [1.807, 2.05) is 6.07 Å². The number of halogens is 1. The van der Waals surface area contributed by atoms with Crippen LogP contribution in [-0.4, -0.2) is 29.7 Å². The van der Waals surface area contributed by atoms with E-state index < -0.39 is 5.60 Å². The molecule has 18 heavy (non-hydrogen) atoms. The van der Waals surface area contributed by atoms with E-state index in [1.54, 1.807) is 11.3 Å². The van der Waals surface area contributed by atoms with Gasteiger partial charge >= 0.3 is 0 Å². The third kappa shape index (κ3) is 2.51. The number of hydrogen-bond acceptors (Lipinski definition) is 4. The SMILES string of the molecule is OC1(Cc2sccc2Br)CCC2(CC1)OCCO2. The minimum atomic E-state index is -0.603. The average molecular weight is 333 g/mol. The number of hydrogen-bond donors (Lipinski definition) is 1. The van der Waals surface area contributed by atoms with Crippen LogP contribution in [0.4, 0.5) is 0 Å². The van der Waals surface area contributed by atoms with Crippen LogP contribution in [0.3, 0.4) is 0 Å². The Hall–Kier alpha value is 0.0600. The molecule has 1 aromatic heterocycles. The van der Waals surface area contributed by atoms with E-state index in [9.17, 15) is 5.11 Å². The van der Waals surface area contributed by atoms with Crippen LogP contribution in [0, 0.1) is 0 Å². The Kier molecular flexibility index (Phi) is 3.53. The van der Waals surface area contributed by atoms with Gasteiger partial charge in [0.25, 0.3) is 0 Å². The fourth-order valence-corrected chi connectivity index (χ4v) is 4.44. The van der Waals surface area contributed by atoms with E-state index in [1.165, 1.54) is 4.88 Å². The van der Waals surface area contributed by atoms with Crippen LogP contribution in [0.5, 0.6) is 0 Å². The van der Waals surface area contributed by atoms with Crippen LogP contribution in [0.25, 0.3) is 0 Å². The molecular formula is C13H17BrO3S. The van der Waals surface area contributed by atoms with Gasteiger partial charge in [0.15, 0.2) is 5.79 Å². The highest BCUT2D eigenvalue weighted by Crippen LogP contribution is 2.42. The van der Waals surface area contributed by atoms with Crippen LogP contribution >= 0.6 is 27.3 Å². The zero-order valence-corrected chi connectivity index (χ0v) is 12.6. The number of rotatable bonds is 2. The molecule has 1 aliphatic carbocycles. The monoisotopic (exact) mass is 332 g/mol. The number of ether oxygens (including phenoxy) is 2. The second-order valence-electron chi connectivity index (χ2n) is 5.20. The molecule has 1 aromatic rings. The summed E-state index contributed by atoms with van der Waals surface area (Å²) in [5, 5.41) is 12.7. The molecule has 1 saturated carbocycles. The van der Waals surface area contributed by atoms with Crippen LogP contribution in [-0.2, 0) is 15.9 Å². The van der Waals surface area contributed by atoms with Gasteiger partial charge in [-0.1, -0.05) is 0 Å². The molecule has 0 amide bonds. The maximum Gasteiger partial charge on any atom is 0.168 e. The van der Waals surface area contributed by atoms with Crippen LogP contribution < -0.4 is 0 Å². The zero-order chi connectivity index (χ0) is 12.6. The van der Waals surface area contributed by atoms with Crippen molar-refractivity contribution in [2.75, 3.05) is 13.2 Å². The van der Waals surface area contributed by atoms with Crippen molar-refractivity contribution in [2.24, 2.45) is 0 Å². The molecule has 5 heteroatoms. The third-order valence-corrected chi connectivity index (χ3v) is 5.86. The lowest BCUT2D eigenvalue weighted by molar-refractivity contribution is -0.202. The molecule has 0 atom stereocenters. The molecule has 0 bridgehead atoms. The molecule has 2 aliphatic rings. The predicted octanol–water partition coefficient (Wildman–Crippen LogP) is 3.10. The van der Waals surface area contributed by atoms with E-state index in [-0.39, 0.29) is 5.79 Å². The van der Waals surface area contributed by atoms with Gasteiger partial charge in [-0.25, -0.2) is 0 Å². The van der Waals surface area contributed by atoms with Crippen LogP contribution in [0.2, 0.25) is 0 Å². The minimum Gasteiger partial charge on any atom is -0.390 e. The highest BCUT2D eigenvalue weighted by molar-refractivity contribution is 9.10. The molecule has 0 unspecified atom stereocenters. The van der Waals surface area contributed by atoms with Crippen molar-refractivity contribution in [1.82, 2.24) is 0 Å². The summed E-state index contributed by atoms with van der Waals surface area (Å²) in [6, 6.07) is 2.04. The Morgan fingerprint density at radius 1 is 1.22 bits per heavy atom. The van der Waals surface area contributed by atoms with Gasteiger partial charge in [0.2, 0.25) is 0 Å². The van der Waals surface area contributed by atoms with Gasteiger partial charge < -0.3 is 14.6 Å². The van der Waals surface area contributed by atoms with Crippen molar-refractivity contribution in [3.63, 3.8) is 0 Å². The van der Waals surface area contributed by atoms with Gasteiger partial charge in [0, 0.05) is 28.6 Å².